The third kappa shape index (κ3) is 20.9. The van der Waals surface area contributed by atoms with Gasteiger partial charge in [0.2, 0.25) is 17.7 Å². The lowest BCUT2D eigenvalue weighted by Gasteiger charge is -2.46. The Hall–Kier alpha value is -10.2. The second kappa shape index (κ2) is 35.7. The zero-order valence-electron chi connectivity index (χ0n) is 68.2. The Labute approximate surface area is 677 Å². The molecule has 4 atom stereocenters. The van der Waals surface area contributed by atoms with Crippen molar-refractivity contribution in [3.05, 3.63) is 161 Å². The van der Waals surface area contributed by atoms with Crippen LogP contribution >= 0.6 is 12.4 Å². The lowest BCUT2D eigenvalue weighted by Crippen LogP contribution is -2.62. The molecule has 116 heavy (non-hydrogen) atoms. The van der Waals surface area contributed by atoms with Crippen LogP contribution in [0.4, 0.5) is 13.2 Å². The van der Waals surface area contributed by atoms with Gasteiger partial charge in [-0.3, -0.25) is 33.6 Å². The van der Waals surface area contributed by atoms with Gasteiger partial charge in [-0.25, -0.2) is 32.6 Å². The van der Waals surface area contributed by atoms with Gasteiger partial charge in [0.25, 0.3) is 17.7 Å². The molecule has 4 aromatic heterocycles. The molecule has 12 rings (SSSR count). The molecule has 27 nitrogen and oxygen atoms in total. The monoisotopic (exact) mass is 1630 g/mol. The first kappa shape index (κ1) is 89.7. The summed E-state index contributed by atoms with van der Waals surface area (Å²) in [5.74, 6) is -4.10. The molecule has 5 aromatic carbocycles. The number of benzene rings is 5. The van der Waals surface area contributed by atoms with Gasteiger partial charge in [-0.15, -0.1) is 12.4 Å². The average Bonchev–Trinajstić information content (AvgIpc) is 1.61. The molecule has 3 aliphatic rings. The molecular formula is C85H106ClF3N12O15. The van der Waals surface area contributed by atoms with Crippen LogP contribution in [0, 0.1) is 17.5 Å². The predicted molar refractivity (Wildman–Crippen MR) is 432 cm³/mol. The van der Waals surface area contributed by atoms with Crippen molar-refractivity contribution in [1.82, 2.24) is 59.7 Å². The molecule has 31 heteroatoms. The molecular weight excluding hydrogens is 1520 g/mol. The summed E-state index contributed by atoms with van der Waals surface area (Å²) >= 11 is 0. The number of nitrogens with zero attached hydrogens (tertiary/aromatic N) is 10. The molecule has 3 saturated heterocycles. The fourth-order valence-corrected chi connectivity index (χ4v) is 14.3. The highest BCUT2D eigenvalue weighted by Crippen LogP contribution is 2.40. The van der Waals surface area contributed by atoms with Crippen LogP contribution in [-0.2, 0) is 35.4 Å². The third-order valence-corrected chi connectivity index (χ3v) is 20.9. The quantitative estimate of drug-likeness (QED) is 0.0396. The van der Waals surface area contributed by atoms with Crippen molar-refractivity contribution in [2.24, 2.45) is 0 Å². The van der Waals surface area contributed by atoms with Crippen LogP contribution in [0.5, 0.6) is 0 Å². The number of carbonyl (C=O) groups excluding carboxylic acids is 6. The van der Waals surface area contributed by atoms with Crippen LogP contribution in [0.15, 0.2) is 118 Å². The smallest absolute Gasteiger partial charge is 0.310 e. The Morgan fingerprint density at radius 2 is 0.940 bits per heavy atom. The summed E-state index contributed by atoms with van der Waals surface area (Å²) in [4.78, 5) is 111. The molecule has 6 amide bonds. The van der Waals surface area contributed by atoms with Crippen LogP contribution in [0.3, 0.4) is 0 Å². The lowest BCUT2D eigenvalue weighted by molar-refractivity contribution is -0.142. The number of oxazole rings is 2. The second-order valence-corrected chi connectivity index (χ2v) is 34.5. The van der Waals surface area contributed by atoms with Gasteiger partial charge in [-0.2, -0.15) is 5.10 Å². The van der Waals surface area contributed by atoms with Crippen molar-refractivity contribution >= 4 is 81.7 Å². The summed E-state index contributed by atoms with van der Waals surface area (Å²) in [6.07, 6.45) is -5.86. The van der Waals surface area contributed by atoms with E-state index in [-0.39, 0.29) is 145 Å². The molecule has 0 radical (unpaired) electrons. The number of carboxylic acids is 1. The third-order valence-electron chi connectivity index (χ3n) is 20.9. The van der Waals surface area contributed by atoms with E-state index in [0.717, 1.165) is 57.6 Å². The van der Waals surface area contributed by atoms with Crippen LogP contribution in [0.1, 0.15) is 178 Å². The number of halogens is 4. The van der Waals surface area contributed by atoms with Crippen LogP contribution in [0.25, 0.3) is 61.4 Å². The van der Waals surface area contributed by atoms with Crippen molar-refractivity contribution in [2.45, 2.75) is 187 Å². The van der Waals surface area contributed by atoms with E-state index in [1.807, 2.05) is 104 Å². The first-order chi connectivity index (χ1) is 53.7. The Morgan fingerprint density at radius 1 is 0.517 bits per heavy atom. The molecule has 9 aromatic rings. The van der Waals surface area contributed by atoms with Gasteiger partial charge in [-0.1, -0.05) is 86.6 Å². The maximum atomic E-state index is 13.8. The highest BCUT2D eigenvalue weighted by Gasteiger charge is 2.44. The summed E-state index contributed by atoms with van der Waals surface area (Å²) in [5, 5.41) is 67.1. The van der Waals surface area contributed by atoms with Gasteiger partial charge < -0.3 is 74.6 Å². The van der Waals surface area contributed by atoms with Gasteiger partial charge in [0.1, 0.15) is 52.5 Å². The van der Waals surface area contributed by atoms with E-state index in [1.165, 1.54) is 36.4 Å². The summed E-state index contributed by atoms with van der Waals surface area (Å²) < 4.78 is 54.3. The summed E-state index contributed by atoms with van der Waals surface area (Å²) in [6, 6.07) is 28.2. The zero-order valence-corrected chi connectivity index (χ0v) is 69.0. The number of carboxylic acid groups (broad SMARTS) is 1. The van der Waals surface area contributed by atoms with E-state index >= 15 is 0 Å². The number of piperazine rings is 3. The topological polar surface area (TPSA) is 363 Å². The first-order valence-corrected chi connectivity index (χ1v) is 38.4. The van der Waals surface area contributed by atoms with Gasteiger partial charge in [-0.05, 0) is 159 Å². The van der Waals surface area contributed by atoms with E-state index < -0.39 is 66.4 Å². The SMILES string of the molecule is CC(C)(C)c1cc(-c2ccc(F)cc2)cc2nc(C(=O)N3CCN(C(=O)CCC(=O)NC[C@H](O)[C@@H](O)[C@H](O)[C@H](O)CO)CC3(C)C)oc12.CC(C)(C)c1cc(-c2ccc(F)cc2)cc2nc(C(=O)N3CCN(C(=O)CCC(=O)O)CC3(C)C)oc12.CC(C)(C)c1cc(-c2ccc(F)cc2)nn2cc(C(=O)N3CCNCC3(C)C)nc12.Cl. The number of aliphatic carboxylic acids is 1. The Bertz CT molecular complexity index is 5070. The number of rotatable bonds is 18. The van der Waals surface area contributed by atoms with E-state index in [2.05, 4.69) is 60.3 Å². The Balaban J connectivity index is 0.000000203. The number of hydrogen-bond donors (Lipinski definition) is 8. The molecule has 0 spiro atoms. The van der Waals surface area contributed by atoms with Gasteiger partial charge >= 0.3 is 17.8 Å². The van der Waals surface area contributed by atoms with E-state index in [0.29, 0.717) is 52.3 Å². The minimum atomic E-state index is -1.82. The molecule has 3 aliphatic heterocycles. The maximum Gasteiger partial charge on any atom is 0.310 e. The largest absolute Gasteiger partial charge is 0.481 e. The van der Waals surface area contributed by atoms with Crippen LogP contribution in [0.2, 0.25) is 0 Å². The van der Waals surface area contributed by atoms with E-state index in [4.69, 9.17) is 24.0 Å². The molecule has 0 saturated carbocycles. The zero-order chi connectivity index (χ0) is 84.4. The molecule has 3 fully saturated rings. The Morgan fingerprint density at radius 3 is 1.35 bits per heavy atom. The minimum absolute atomic E-state index is 0. The first-order valence-electron chi connectivity index (χ1n) is 38.4. The molecule has 0 aliphatic carbocycles. The van der Waals surface area contributed by atoms with Crippen molar-refractivity contribution < 1.29 is 86.2 Å². The summed E-state index contributed by atoms with van der Waals surface area (Å²) in [7, 11) is 0. The molecule has 624 valence electrons. The van der Waals surface area contributed by atoms with Crippen molar-refractivity contribution in [1.29, 1.82) is 0 Å². The van der Waals surface area contributed by atoms with Gasteiger partial charge in [0, 0.05) is 107 Å². The summed E-state index contributed by atoms with van der Waals surface area (Å²) in [5.41, 5.74) is 7.95. The number of amides is 6. The number of fused-ring (bicyclic) bond motifs is 3. The van der Waals surface area contributed by atoms with E-state index in [9.17, 15) is 67.2 Å². The number of nitrogens with one attached hydrogen (secondary N) is 2. The Kier molecular flexibility index (Phi) is 27.6. The number of aliphatic hydroxyl groups is 5. The molecule has 7 heterocycles. The normalized spacial score (nSPS) is 16.6. The highest BCUT2D eigenvalue weighted by molar-refractivity contribution is 5.97. The standard InChI is InChI=1S/C34H45FN4O9.C28H32FN3O5.C23H28FN5O.ClH/c1-33(2,3)22-14-20(19-6-8-21(35)9-7-19)15-23-30(22)48-31(37-23)32(47)39-13-12-38(18-34(39,4)5)27(44)11-10-26(43)36-16-24(41)28(45)29(46)25(42)17-40;1-27(2,3)20-14-18(17-6-8-19(29)9-7-17)15-21-24(20)37-25(30-21)26(36)32-13-12-31(16-28(32,4)5)22(33)10-11-23(34)35;1-22(2,3)17-12-18(15-6-8-16(24)9-7-15)27-29-13-19(26-20(17)29)21(30)28-11-10-25-14-23(28,4)5;/h6-9,14-15,24-25,28-29,40-42,45-46H,10-13,16-18H2,1-5H3,(H,36,43);6-9,14-15H,10-13,16H2,1-5H3,(H,34,35);6-9,12-13,25H,10-11,14H2,1-5H3;1H/t24-,25+,28+,29+;;;/m0.../s1. The van der Waals surface area contributed by atoms with Crippen molar-refractivity contribution in [3.8, 4) is 33.5 Å². The number of imidazole rings is 1. The van der Waals surface area contributed by atoms with Crippen LogP contribution < -0.4 is 10.6 Å². The number of carbonyl (C=O) groups is 7. The van der Waals surface area contributed by atoms with E-state index in [1.54, 1.807) is 66.7 Å². The molecule has 0 unspecified atom stereocenters. The number of hydrogen-bond acceptors (Lipinski definition) is 19. The summed E-state index contributed by atoms with van der Waals surface area (Å²) in [6.45, 7) is 32.3. The fraction of sp³-hybridized carbons (Fsp3) is 0.471. The number of aliphatic hydroxyl groups excluding tert-OH is 5. The van der Waals surface area contributed by atoms with Crippen molar-refractivity contribution in [2.75, 3.05) is 72.1 Å². The van der Waals surface area contributed by atoms with Gasteiger partial charge in [0.05, 0.1) is 47.6 Å². The van der Waals surface area contributed by atoms with Crippen LogP contribution in [-0.4, -0.2) is 234 Å². The van der Waals surface area contributed by atoms with Crippen molar-refractivity contribution in [3.63, 3.8) is 0 Å². The molecule has 0 bridgehead atoms. The maximum absolute atomic E-state index is 13.8. The van der Waals surface area contributed by atoms with Gasteiger partial charge in [0.15, 0.2) is 16.8 Å². The second-order valence-electron chi connectivity index (χ2n) is 34.5. The lowest BCUT2D eigenvalue weighted by atomic mass is 9.84. The minimum Gasteiger partial charge on any atom is -0.481 e. The predicted octanol–water partition coefficient (Wildman–Crippen LogP) is 10.3. The fourth-order valence-electron chi connectivity index (χ4n) is 14.3. The average molecular weight is 1630 g/mol. The molecule has 8 N–H and O–H groups in total. The highest BCUT2D eigenvalue weighted by atomic mass is 35.5. The number of aromatic nitrogens is 5.